The summed E-state index contributed by atoms with van der Waals surface area (Å²) in [5.74, 6) is 1.73. The van der Waals surface area contributed by atoms with Crippen LogP contribution in [-0.2, 0) is 9.53 Å². The molecule has 2 saturated heterocycles. The van der Waals surface area contributed by atoms with Gasteiger partial charge in [-0.3, -0.25) is 9.78 Å². The second kappa shape index (κ2) is 11.0. The molecular weight excluding hydrogens is 428 g/mol. The summed E-state index contributed by atoms with van der Waals surface area (Å²) >= 11 is 6.42. The minimum atomic E-state index is -0.0258. The van der Waals surface area contributed by atoms with Gasteiger partial charge in [-0.1, -0.05) is 18.5 Å². The maximum atomic E-state index is 12.8. The number of amides is 1. The predicted molar refractivity (Wildman–Crippen MR) is 126 cm³/mol. The Morgan fingerprint density at radius 2 is 2.06 bits per heavy atom. The van der Waals surface area contributed by atoms with Crippen molar-refractivity contribution in [3.8, 4) is 11.3 Å². The van der Waals surface area contributed by atoms with E-state index in [9.17, 15) is 4.79 Å². The van der Waals surface area contributed by atoms with Gasteiger partial charge in [-0.15, -0.1) is 0 Å². The van der Waals surface area contributed by atoms with Crippen LogP contribution < -0.4 is 10.6 Å². The van der Waals surface area contributed by atoms with Crippen LogP contribution in [0.25, 0.3) is 11.3 Å². The molecule has 9 heteroatoms. The zero-order valence-electron chi connectivity index (χ0n) is 18.5. The van der Waals surface area contributed by atoms with Gasteiger partial charge in [0.15, 0.2) is 0 Å². The second-order valence-corrected chi connectivity index (χ2v) is 8.90. The molecule has 0 aromatic carbocycles. The van der Waals surface area contributed by atoms with Crippen LogP contribution >= 0.6 is 11.6 Å². The maximum Gasteiger partial charge on any atom is 0.229 e. The topological polar surface area (TPSA) is 92.3 Å². The van der Waals surface area contributed by atoms with E-state index in [2.05, 4.69) is 37.4 Å². The third-order valence-corrected chi connectivity index (χ3v) is 6.55. The average Bonchev–Trinajstić information content (AvgIpc) is 2.84. The van der Waals surface area contributed by atoms with Gasteiger partial charge >= 0.3 is 0 Å². The third kappa shape index (κ3) is 5.94. The fourth-order valence-electron chi connectivity index (χ4n) is 4.27. The van der Waals surface area contributed by atoms with Gasteiger partial charge in [0.25, 0.3) is 0 Å². The summed E-state index contributed by atoms with van der Waals surface area (Å²) in [7, 11) is 0. The Morgan fingerprint density at radius 3 is 2.88 bits per heavy atom. The lowest BCUT2D eigenvalue weighted by Crippen LogP contribution is -2.40. The van der Waals surface area contributed by atoms with Crippen LogP contribution in [0, 0.1) is 11.8 Å². The Balaban J connectivity index is 1.43. The lowest BCUT2D eigenvalue weighted by Gasteiger charge is -2.30. The van der Waals surface area contributed by atoms with Gasteiger partial charge in [-0.05, 0) is 50.8 Å². The Morgan fingerprint density at radius 1 is 1.22 bits per heavy atom. The number of piperidine rings is 1. The number of hydrogen-bond acceptors (Lipinski definition) is 7. The molecule has 1 amide bonds. The molecule has 4 rings (SSSR count). The highest BCUT2D eigenvalue weighted by Crippen LogP contribution is 2.29. The van der Waals surface area contributed by atoms with Crippen LogP contribution in [0.5, 0.6) is 0 Å². The normalized spacial score (nSPS) is 20.1. The van der Waals surface area contributed by atoms with Crippen molar-refractivity contribution in [1.29, 1.82) is 0 Å². The molecule has 1 unspecified atom stereocenters. The van der Waals surface area contributed by atoms with Gasteiger partial charge in [0.2, 0.25) is 5.91 Å². The van der Waals surface area contributed by atoms with Crippen LogP contribution in [0.4, 0.5) is 11.6 Å². The smallest absolute Gasteiger partial charge is 0.229 e. The molecule has 0 radical (unpaired) electrons. The quantitative estimate of drug-likeness (QED) is 0.653. The van der Waals surface area contributed by atoms with Crippen LogP contribution in [-0.4, -0.2) is 65.2 Å². The molecule has 0 aliphatic carbocycles. The van der Waals surface area contributed by atoms with Gasteiger partial charge in [-0.25, -0.2) is 9.97 Å². The predicted octanol–water partition coefficient (Wildman–Crippen LogP) is 3.70. The minimum absolute atomic E-state index is 0.00175. The van der Waals surface area contributed by atoms with Crippen LogP contribution in [0.1, 0.15) is 32.6 Å². The summed E-state index contributed by atoms with van der Waals surface area (Å²) < 4.78 is 5.42. The van der Waals surface area contributed by atoms with E-state index in [1.54, 1.807) is 24.7 Å². The van der Waals surface area contributed by atoms with Gasteiger partial charge < -0.3 is 20.3 Å². The summed E-state index contributed by atoms with van der Waals surface area (Å²) in [6, 6.07) is 1.77. The van der Waals surface area contributed by atoms with E-state index in [0.717, 1.165) is 65.1 Å². The van der Waals surface area contributed by atoms with Gasteiger partial charge in [0.05, 0.1) is 29.0 Å². The lowest BCUT2D eigenvalue weighted by atomic mass is 9.97. The van der Waals surface area contributed by atoms with E-state index in [4.69, 9.17) is 16.3 Å². The molecule has 0 spiro atoms. The van der Waals surface area contributed by atoms with Crippen molar-refractivity contribution in [2.75, 3.05) is 50.0 Å². The molecule has 8 nitrogen and oxygen atoms in total. The Labute approximate surface area is 194 Å². The fourth-order valence-corrected chi connectivity index (χ4v) is 4.47. The maximum absolute atomic E-state index is 12.8. The Hall–Kier alpha value is -2.29. The Kier molecular flexibility index (Phi) is 7.89. The molecule has 1 atom stereocenters. The van der Waals surface area contributed by atoms with Crippen LogP contribution in [0.15, 0.2) is 24.7 Å². The molecule has 2 aliphatic heterocycles. The molecule has 2 fully saturated rings. The van der Waals surface area contributed by atoms with Crippen molar-refractivity contribution in [3.63, 3.8) is 0 Å². The molecular formula is C23H31ClN6O2. The molecule has 2 aliphatic rings. The number of aromatic nitrogens is 3. The van der Waals surface area contributed by atoms with Crippen LogP contribution in [0.3, 0.4) is 0 Å². The van der Waals surface area contributed by atoms with Gasteiger partial charge in [-0.2, -0.15) is 0 Å². The largest absolute Gasteiger partial charge is 0.381 e. The highest BCUT2D eigenvalue weighted by atomic mass is 35.5. The number of rotatable bonds is 7. The van der Waals surface area contributed by atoms with Crippen molar-refractivity contribution >= 4 is 29.1 Å². The number of halogens is 1. The van der Waals surface area contributed by atoms with E-state index in [1.807, 2.05) is 0 Å². The zero-order valence-corrected chi connectivity index (χ0v) is 19.3. The van der Waals surface area contributed by atoms with Crippen molar-refractivity contribution < 1.29 is 9.53 Å². The summed E-state index contributed by atoms with van der Waals surface area (Å²) in [5.41, 5.74) is 1.33. The molecule has 2 N–H and O–H groups in total. The van der Waals surface area contributed by atoms with E-state index in [0.29, 0.717) is 33.8 Å². The molecule has 32 heavy (non-hydrogen) atoms. The number of carbonyl (C=O) groups is 1. The van der Waals surface area contributed by atoms with Gasteiger partial charge in [0, 0.05) is 38.1 Å². The number of nitrogens with one attached hydrogen (secondary N) is 2. The third-order valence-electron chi connectivity index (χ3n) is 6.25. The lowest BCUT2D eigenvalue weighted by molar-refractivity contribution is -0.121. The number of pyridine rings is 1. The zero-order chi connectivity index (χ0) is 22.3. The number of anilines is 2. The molecule has 0 bridgehead atoms. The number of ether oxygens (including phenoxy) is 1. The first-order valence-corrected chi connectivity index (χ1v) is 11.8. The van der Waals surface area contributed by atoms with Crippen molar-refractivity contribution in [2.24, 2.45) is 11.8 Å². The number of nitrogens with zero attached hydrogens (tertiary/aromatic N) is 4. The van der Waals surface area contributed by atoms with E-state index in [-0.39, 0.29) is 11.8 Å². The summed E-state index contributed by atoms with van der Waals surface area (Å²) in [4.78, 5) is 28.4. The fraction of sp³-hybridized carbons (Fsp3) is 0.565. The standard InChI is InChI=1S/C23H31ClN6O2/c1-2-30-7-3-4-17(15-30)23(31)29-21-10-18(19(24)12-27-21)20-13-25-14-22(28-20)26-11-16-5-8-32-9-6-16/h10,12-14,16-17H,2-9,11,15H2,1H3,(H,26,28)(H,27,29,31). The van der Waals surface area contributed by atoms with E-state index >= 15 is 0 Å². The molecule has 172 valence electrons. The summed E-state index contributed by atoms with van der Waals surface area (Å²) in [6.07, 6.45) is 8.97. The van der Waals surface area contributed by atoms with E-state index < -0.39 is 0 Å². The SMILES string of the molecule is CCN1CCCC(C(=O)Nc2cc(-c3cncc(NCC4CCOCC4)n3)c(Cl)cn2)C1. The first-order chi connectivity index (χ1) is 15.6. The monoisotopic (exact) mass is 458 g/mol. The van der Waals surface area contributed by atoms with Crippen molar-refractivity contribution in [2.45, 2.75) is 32.6 Å². The number of carbonyl (C=O) groups excluding carboxylic acids is 1. The number of likely N-dealkylation sites (tertiary alicyclic amines) is 1. The molecule has 2 aromatic rings. The first kappa shape index (κ1) is 22.9. The van der Waals surface area contributed by atoms with Crippen molar-refractivity contribution in [1.82, 2.24) is 19.9 Å². The molecule has 2 aromatic heterocycles. The van der Waals surface area contributed by atoms with Crippen molar-refractivity contribution in [3.05, 3.63) is 29.7 Å². The summed E-state index contributed by atoms with van der Waals surface area (Å²) in [5, 5.41) is 6.81. The van der Waals surface area contributed by atoms with Crippen LogP contribution in [0.2, 0.25) is 5.02 Å². The van der Waals surface area contributed by atoms with E-state index in [1.165, 1.54) is 0 Å². The number of hydrogen-bond donors (Lipinski definition) is 2. The van der Waals surface area contributed by atoms with Gasteiger partial charge in [0.1, 0.15) is 11.6 Å². The average molecular weight is 459 g/mol. The second-order valence-electron chi connectivity index (χ2n) is 8.50. The molecule has 0 saturated carbocycles. The molecule has 4 heterocycles. The Bertz CT molecular complexity index is 921. The first-order valence-electron chi connectivity index (χ1n) is 11.4. The summed E-state index contributed by atoms with van der Waals surface area (Å²) in [6.45, 7) is 7.40. The highest BCUT2D eigenvalue weighted by Gasteiger charge is 2.25. The minimum Gasteiger partial charge on any atom is -0.381 e. The highest BCUT2D eigenvalue weighted by molar-refractivity contribution is 6.33.